The summed E-state index contributed by atoms with van der Waals surface area (Å²) in [6.45, 7) is 4.21. The lowest BCUT2D eigenvalue weighted by Crippen LogP contribution is -2.59. The average Bonchev–Trinajstić information content (AvgIpc) is 3.03. The van der Waals surface area contributed by atoms with Crippen LogP contribution in [0.4, 0.5) is 0 Å². The minimum atomic E-state index is 0.0156. The maximum Gasteiger partial charge on any atom is 0.269 e. The Morgan fingerprint density at radius 2 is 1.85 bits per heavy atom. The van der Waals surface area contributed by atoms with Crippen LogP contribution in [0.15, 0.2) is 36.4 Å². The van der Waals surface area contributed by atoms with Gasteiger partial charge in [0.15, 0.2) is 0 Å². The van der Waals surface area contributed by atoms with Gasteiger partial charge in [-0.1, -0.05) is 57.0 Å². The molecule has 0 unspecified atom stereocenters. The Morgan fingerprint density at radius 1 is 1.15 bits per heavy atom. The van der Waals surface area contributed by atoms with Gasteiger partial charge in [0.25, 0.3) is 5.91 Å². The van der Waals surface area contributed by atoms with E-state index in [1.54, 1.807) is 4.68 Å². The summed E-state index contributed by atoms with van der Waals surface area (Å²) in [4.78, 5) is 13.0. The second-order valence-electron chi connectivity index (χ2n) is 8.28. The van der Waals surface area contributed by atoms with Crippen molar-refractivity contribution in [1.29, 1.82) is 0 Å². The number of carbonyl (C=O) groups is 1. The lowest BCUT2D eigenvalue weighted by Gasteiger charge is -2.55. The van der Waals surface area contributed by atoms with Crippen molar-refractivity contribution in [2.45, 2.75) is 57.4 Å². The van der Waals surface area contributed by atoms with Crippen LogP contribution in [0.1, 0.15) is 73.1 Å². The number of nitrogens with zero attached hydrogens (tertiary/aromatic N) is 2. The molecule has 1 heterocycles. The van der Waals surface area contributed by atoms with Crippen molar-refractivity contribution in [1.82, 2.24) is 15.1 Å². The summed E-state index contributed by atoms with van der Waals surface area (Å²) in [6.07, 6.45) is 5.14. The molecule has 4 heteroatoms. The lowest BCUT2D eigenvalue weighted by molar-refractivity contribution is 0.0249. The largest absolute Gasteiger partial charge is 0.347 e. The first-order chi connectivity index (χ1) is 12.6. The first-order valence-corrected chi connectivity index (χ1v) is 9.96. The highest BCUT2D eigenvalue weighted by molar-refractivity contribution is 5.93. The summed E-state index contributed by atoms with van der Waals surface area (Å²) < 4.78 is 1.72. The number of aromatic nitrogens is 2. The molecular weight excluding hydrogens is 322 g/mol. The summed E-state index contributed by atoms with van der Waals surface area (Å²) in [5.41, 5.74) is 3.01. The Bertz CT molecular complexity index is 780. The van der Waals surface area contributed by atoms with Crippen molar-refractivity contribution in [3.05, 3.63) is 53.3 Å². The van der Waals surface area contributed by atoms with E-state index in [1.807, 2.05) is 13.1 Å². The molecule has 4 nitrogen and oxygen atoms in total. The third kappa shape index (κ3) is 2.95. The van der Waals surface area contributed by atoms with Gasteiger partial charge < -0.3 is 5.32 Å². The molecular formula is C22H29N3O. The molecule has 4 rings (SSSR count). The Labute approximate surface area is 156 Å². The van der Waals surface area contributed by atoms with Crippen molar-refractivity contribution < 1.29 is 4.79 Å². The minimum absolute atomic E-state index is 0.0156. The molecule has 1 aromatic heterocycles. The molecule has 0 spiro atoms. The highest BCUT2D eigenvalue weighted by Gasteiger charge is 2.51. The quantitative estimate of drug-likeness (QED) is 0.895. The number of rotatable bonds is 4. The van der Waals surface area contributed by atoms with Gasteiger partial charge in [0, 0.05) is 19.0 Å². The second kappa shape index (κ2) is 6.90. The number of fused-ring (bicyclic) bond motifs is 1. The van der Waals surface area contributed by atoms with E-state index in [0.29, 0.717) is 29.4 Å². The van der Waals surface area contributed by atoms with Crippen LogP contribution in [0, 0.1) is 11.8 Å². The molecule has 2 saturated carbocycles. The van der Waals surface area contributed by atoms with Crippen LogP contribution in [-0.4, -0.2) is 21.7 Å². The first-order valence-electron chi connectivity index (χ1n) is 9.96. The van der Waals surface area contributed by atoms with Gasteiger partial charge >= 0.3 is 0 Å². The van der Waals surface area contributed by atoms with E-state index >= 15 is 0 Å². The zero-order valence-electron chi connectivity index (χ0n) is 16.0. The molecule has 2 fully saturated rings. The first kappa shape index (κ1) is 17.3. The molecule has 138 valence electrons. The summed E-state index contributed by atoms with van der Waals surface area (Å²) in [5, 5.41) is 7.87. The molecule has 0 bridgehead atoms. The van der Waals surface area contributed by atoms with E-state index in [4.69, 9.17) is 0 Å². The van der Waals surface area contributed by atoms with Gasteiger partial charge in [-0.2, -0.15) is 5.10 Å². The number of hydrogen-bond donors (Lipinski definition) is 1. The van der Waals surface area contributed by atoms with E-state index in [-0.39, 0.29) is 11.9 Å². The fraction of sp³-hybridized carbons (Fsp3) is 0.545. The SMILES string of the molecule is CC(C)c1cc(C(=O)N[C@H]2[C@@H]3CCCC[C@H]3[C@@H]2c2ccccc2)n(C)n1. The maximum atomic E-state index is 13.0. The van der Waals surface area contributed by atoms with Crippen LogP contribution in [0.5, 0.6) is 0 Å². The minimum Gasteiger partial charge on any atom is -0.347 e. The van der Waals surface area contributed by atoms with Crippen molar-refractivity contribution in [2.75, 3.05) is 0 Å². The normalized spacial score (nSPS) is 27.7. The Morgan fingerprint density at radius 3 is 2.50 bits per heavy atom. The van der Waals surface area contributed by atoms with E-state index < -0.39 is 0 Å². The fourth-order valence-electron chi connectivity index (χ4n) is 5.00. The average molecular weight is 351 g/mol. The van der Waals surface area contributed by atoms with Crippen molar-refractivity contribution in [3.8, 4) is 0 Å². The number of hydrogen-bond acceptors (Lipinski definition) is 2. The predicted molar refractivity (Wildman–Crippen MR) is 103 cm³/mol. The molecule has 1 amide bonds. The molecule has 2 aliphatic rings. The van der Waals surface area contributed by atoms with Crippen LogP contribution in [0.3, 0.4) is 0 Å². The number of nitrogens with one attached hydrogen (secondary N) is 1. The lowest BCUT2D eigenvalue weighted by atomic mass is 9.53. The van der Waals surface area contributed by atoms with E-state index in [9.17, 15) is 4.79 Å². The summed E-state index contributed by atoms with van der Waals surface area (Å²) in [7, 11) is 1.86. The van der Waals surface area contributed by atoms with E-state index in [1.165, 1.54) is 31.2 Å². The predicted octanol–water partition coefficient (Wildman–Crippen LogP) is 4.25. The fourth-order valence-corrected chi connectivity index (χ4v) is 5.00. The van der Waals surface area contributed by atoms with Gasteiger partial charge in [-0.15, -0.1) is 0 Å². The number of aryl methyl sites for hydroxylation is 1. The van der Waals surface area contributed by atoms with Crippen LogP contribution in [-0.2, 0) is 7.05 Å². The van der Waals surface area contributed by atoms with Crippen LogP contribution in [0.25, 0.3) is 0 Å². The number of carbonyl (C=O) groups excluding carboxylic acids is 1. The standard InChI is InChI=1S/C22H29N3O/c1-14(2)18-13-19(25(3)24-18)22(26)23-21-17-12-8-7-11-16(17)20(21)15-9-5-4-6-10-15/h4-6,9-10,13-14,16-17,20-21H,7-8,11-12H2,1-3H3,(H,23,26)/t16-,17-,20+,21+/m1/s1. The zero-order chi connectivity index (χ0) is 18.3. The molecule has 26 heavy (non-hydrogen) atoms. The molecule has 0 saturated heterocycles. The van der Waals surface area contributed by atoms with Gasteiger partial charge in [-0.05, 0) is 42.2 Å². The van der Waals surface area contributed by atoms with Crippen LogP contribution in [0.2, 0.25) is 0 Å². The highest BCUT2D eigenvalue weighted by atomic mass is 16.2. The summed E-state index contributed by atoms with van der Waals surface area (Å²) in [6, 6.07) is 12.9. The molecule has 2 aromatic rings. The van der Waals surface area contributed by atoms with E-state index in [2.05, 4.69) is 54.6 Å². The van der Waals surface area contributed by atoms with Gasteiger partial charge in [0.2, 0.25) is 0 Å². The third-order valence-corrected chi connectivity index (χ3v) is 6.39. The van der Waals surface area contributed by atoms with Crippen molar-refractivity contribution in [3.63, 3.8) is 0 Å². The number of benzene rings is 1. The summed E-state index contributed by atoms with van der Waals surface area (Å²) in [5.74, 6) is 2.13. The summed E-state index contributed by atoms with van der Waals surface area (Å²) >= 11 is 0. The smallest absolute Gasteiger partial charge is 0.269 e. The van der Waals surface area contributed by atoms with Gasteiger partial charge in [-0.3, -0.25) is 9.48 Å². The maximum absolute atomic E-state index is 13.0. The monoisotopic (exact) mass is 351 g/mol. The molecule has 0 aliphatic heterocycles. The van der Waals surface area contributed by atoms with E-state index in [0.717, 1.165) is 5.69 Å². The topological polar surface area (TPSA) is 46.9 Å². The van der Waals surface area contributed by atoms with Gasteiger partial charge in [0.05, 0.1) is 5.69 Å². The molecule has 1 aromatic carbocycles. The van der Waals surface area contributed by atoms with Crippen LogP contribution >= 0.6 is 0 Å². The Balaban J connectivity index is 1.56. The highest BCUT2D eigenvalue weighted by Crippen LogP contribution is 2.54. The van der Waals surface area contributed by atoms with Crippen LogP contribution < -0.4 is 5.32 Å². The van der Waals surface area contributed by atoms with Gasteiger partial charge in [0.1, 0.15) is 5.69 Å². The second-order valence-corrected chi connectivity index (χ2v) is 8.28. The van der Waals surface area contributed by atoms with Gasteiger partial charge in [-0.25, -0.2) is 0 Å². The zero-order valence-corrected chi connectivity index (χ0v) is 16.0. The number of amides is 1. The molecule has 2 aliphatic carbocycles. The Hall–Kier alpha value is -2.10. The van der Waals surface area contributed by atoms with Crippen molar-refractivity contribution in [2.24, 2.45) is 18.9 Å². The molecule has 0 radical (unpaired) electrons. The van der Waals surface area contributed by atoms with Crippen molar-refractivity contribution >= 4 is 5.91 Å². The molecule has 1 N–H and O–H groups in total. The molecule has 4 atom stereocenters. The Kier molecular flexibility index (Phi) is 4.60. The third-order valence-electron chi connectivity index (χ3n) is 6.39.